The molecule has 1 atom stereocenters. The van der Waals surface area contributed by atoms with Crippen LogP contribution in [0.25, 0.3) is 0 Å². The van der Waals surface area contributed by atoms with Gasteiger partial charge >= 0.3 is 0 Å². The van der Waals surface area contributed by atoms with Crippen LogP contribution in [0.3, 0.4) is 0 Å². The van der Waals surface area contributed by atoms with Gasteiger partial charge in [-0.3, -0.25) is 9.36 Å². The molecule has 2 heterocycles. The third kappa shape index (κ3) is 2.08. The van der Waals surface area contributed by atoms with Crippen molar-refractivity contribution >= 4 is 5.91 Å². The number of rotatable bonds is 3. The minimum absolute atomic E-state index is 0.0795. The summed E-state index contributed by atoms with van der Waals surface area (Å²) in [6.07, 6.45) is 0.627. The molecular formula is C14H17N5O. The number of hydrogen-bond acceptors (Lipinski definition) is 4. The van der Waals surface area contributed by atoms with Crippen molar-refractivity contribution in [2.75, 3.05) is 7.05 Å². The summed E-state index contributed by atoms with van der Waals surface area (Å²) in [5.74, 6) is 1.55. The first kappa shape index (κ1) is 12.8. The van der Waals surface area contributed by atoms with Crippen LogP contribution in [0, 0.1) is 0 Å². The zero-order chi connectivity index (χ0) is 14.1. The van der Waals surface area contributed by atoms with Gasteiger partial charge in [0.05, 0.1) is 13.1 Å². The Morgan fingerprint density at radius 3 is 2.75 bits per heavy atom. The van der Waals surface area contributed by atoms with Crippen LogP contribution in [-0.4, -0.2) is 32.6 Å². The Balaban J connectivity index is 2.00. The molecule has 0 bridgehead atoms. The average molecular weight is 271 g/mol. The van der Waals surface area contributed by atoms with Gasteiger partial charge in [-0.1, -0.05) is 30.3 Å². The molecule has 2 N–H and O–H groups in total. The number of carbonyl (C=O) groups excluding carboxylic acids is 1. The first-order chi connectivity index (χ1) is 9.70. The highest BCUT2D eigenvalue weighted by Crippen LogP contribution is 2.25. The van der Waals surface area contributed by atoms with Gasteiger partial charge < -0.3 is 10.6 Å². The van der Waals surface area contributed by atoms with Crippen LogP contribution in [0.5, 0.6) is 0 Å². The fourth-order valence-electron chi connectivity index (χ4n) is 2.64. The lowest BCUT2D eigenvalue weighted by Crippen LogP contribution is -2.42. The number of nitrogens with two attached hydrogens (primary N) is 1. The van der Waals surface area contributed by atoms with Gasteiger partial charge in [-0.05, 0) is 5.56 Å². The molecule has 0 radical (unpaired) electrons. The molecule has 20 heavy (non-hydrogen) atoms. The van der Waals surface area contributed by atoms with E-state index in [-0.39, 0.29) is 18.5 Å². The Morgan fingerprint density at radius 2 is 2.05 bits per heavy atom. The molecule has 0 spiro atoms. The number of fused-ring (bicyclic) bond motifs is 1. The molecule has 0 fully saturated rings. The first-order valence-corrected chi connectivity index (χ1v) is 6.62. The van der Waals surface area contributed by atoms with Crippen molar-refractivity contribution in [3.8, 4) is 0 Å². The predicted molar refractivity (Wildman–Crippen MR) is 73.6 cm³/mol. The summed E-state index contributed by atoms with van der Waals surface area (Å²) in [5.41, 5.74) is 6.82. The van der Waals surface area contributed by atoms with Gasteiger partial charge in [-0.25, -0.2) is 0 Å². The molecule has 1 aromatic carbocycles. The van der Waals surface area contributed by atoms with Crippen molar-refractivity contribution in [3.63, 3.8) is 0 Å². The van der Waals surface area contributed by atoms with E-state index in [1.807, 2.05) is 34.9 Å². The molecule has 2 aromatic rings. The molecule has 3 rings (SSSR count). The average Bonchev–Trinajstić information content (AvgIpc) is 2.87. The van der Waals surface area contributed by atoms with Gasteiger partial charge in [-0.15, -0.1) is 10.2 Å². The zero-order valence-corrected chi connectivity index (χ0v) is 11.4. The van der Waals surface area contributed by atoms with Crippen molar-refractivity contribution in [3.05, 3.63) is 47.5 Å². The van der Waals surface area contributed by atoms with Crippen LogP contribution in [0.15, 0.2) is 30.3 Å². The lowest BCUT2D eigenvalue weighted by atomic mass is 10.0. The Hall–Kier alpha value is -2.21. The lowest BCUT2D eigenvalue weighted by molar-refractivity contribution is -0.136. The van der Waals surface area contributed by atoms with Crippen LogP contribution >= 0.6 is 0 Å². The largest absolute Gasteiger partial charge is 0.336 e. The number of carbonyl (C=O) groups is 1. The number of benzene rings is 1. The molecule has 0 aliphatic carbocycles. The van der Waals surface area contributed by atoms with Crippen molar-refractivity contribution in [1.82, 2.24) is 19.7 Å². The van der Waals surface area contributed by atoms with E-state index in [2.05, 4.69) is 10.2 Å². The highest BCUT2D eigenvalue weighted by molar-refractivity contribution is 5.81. The van der Waals surface area contributed by atoms with E-state index in [0.29, 0.717) is 18.8 Å². The maximum Gasteiger partial charge on any atom is 0.246 e. The van der Waals surface area contributed by atoms with Crippen LogP contribution in [-0.2, 0) is 24.3 Å². The van der Waals surface area contributed by atoms with Crippen LogP contribution < -0.4 is 5.73 Å². The topological polar surface area (TPSA) is 77.0 Å². The third-order valence-corrected chi connectivity index (χ3v) is 3.64. The van der Waals surface area contributed by atoms with E-state index < -0.39 is 0 Å². The van der Waals surface area contributed by atoms with E-state index >= 15 is 0 Å². The molecule has 1 aliphatic rings. The van der Waals surface area contributed by atoms with Gasteiger partial charge in [-0.2, -0.15) is 0 Å². The van der Waals surface area contributed by atoms with Gasteiger partial charge in [0.2, 0.25) is 5.91 Å². The SMILES string of the molecule is CN1Cc2nnc(CN)n2[C@H](Cc2ccccc2)C1=O. The standard InChI is InChI=1S/C14H17N5O/c1-18-9-13-17-16-12(8-15)19(13)11(14(18)20)7-10-5-3-2-4-6-10/h2-6,11H,7-9,15H2,1H3/t11-/m1/s1. The van der Waals surface area contributed by atoms with E-state index in [9.17, 15) is 4.79 Å². The maximum atomic E-state index is 12.5. The Labute approximate surface area is 117 Å². The summed E-state index contributed by atoms with van der Waals surface area (Å²) in [7, 11) is 1.79. The number of hydrogen-bond donors (Lipinski definition) is 1. The smallest absolute Gasteiger partial charge is 0.246 e. The van der Waals surface area contributed by atoms with Crippen molar-refractivity contribution in [2.24, 2.45) is 5.73 Å². The third-order valence-electron chi connectivity index (χ3n) is 3.64. The van der Waals surface area contributed by atoms with E-state index in [1.54, 1.807) is 11.9 Å². The summed E-state index contributed by atoms with van der Waals surface area (Å²) in [5, 5.41) is 8.23. The van der Waals surface area contributed by atoms with E-state index in [1.165, 1.54) is 0 Å². The van der Waals surface area contributed by atoms with Gasteiger partial charge in [0.25, 0.3) is 0 Å². The van der Waals surface area contributed by atoms with Crippen LogP contribution in [0.1, 0.15) is 23.3 Å². The monoisotopic (exact) mass is 271 g/mol. The second-order valence-electron chi connectivity index (χ2n) is 5.01. The number of nitrogens with zero attached hydrogens (tertiary/aromatic N) is 4. The highest BCUT2D eigenvalue weighted by Gasteiger charge is 2.33. The van der Waals surface area contributed by atoms with Crippen molar-refractivity contribution in [2.45, 2.75) is 25.6 Å². The highest BCUT2D eigenvalue weighted by atomic mass is 16.2. The zero-order valence-electron chi connectivity index (χ0n) is 11.4. The molecule has 6 heteroatoms. The minimum atomic E-state index is -0.306. The summed E-state index contributed by atoms with van der Waals surface area (Å²) >= 11 is 0. The second-order valence-corrected chi connectivity index (χ2v) is 5.01. The van der Waals surface area contributed by atoms with Crippen molar-refractivity contribution < 1.29 is 4.79 Å². The molecule has 0 unspecified atom stereocenters. The fourth-order valence-corrected chi connectivity index (χ4v) is 2.64. The molecule has 1 aromatic heterocycles. The van der Waals surface area contributed by atoms with Crippen molar-refractivity contribution in [1.29, 1.82) is 0 Å². The second kappa shape index (κ2) is 5.05. The number of amides is 1. The first-order valence-electron chi connectivity index (χ1n) is 6.62. The Bertz CT molecular complexity index is 622. The predicted octanol–water partition coefficient (Wildman–Crippen LogP) is 0.493. The maximum absolute atomic E-state index is 12.5. The molecule has 1 aliphatic heterocycles. The molecule has 1 amide bonds. The molecule has 6 nitrogen and oxygen atoms in total. The van der Waals surface area contributed by atoms with E-state index in [4.69, 9.17) is 5.73 Å². The van der Waals surface area contributed by atoms with Crippen LogP contribution in [0.2, 0.25) is 0 Å². The Morgan fingerprint density at radius 1 is 1.30 bits per heavy atom. The lowest BCUT2D eigenvalue weighted by Gasteiger charge is -2.31. The van der Waals surface area contributed by atoms with Gasteiger partial charge in [0.1, 0.15) is 11.9 Å². The molecular weight excluding hydrogens is 254 g/mol. The fraction of sp³-hybridized carbons (Fsp3) is 0.357. The summed E-state index contributed by atoms with van der Waals surface area (Å²) in [4.78, 5) is 14.2. The summed E-state index contributed by atoms with van der Waals surface area (Å²) in [6.45, 7) is 0.770. The molecule has 0 saturated carbocycles. The van der Waals surface area contributed by atoms with Gasteiger partial charge in [0.15, 0.2) is 5.82 Å². The van der Waals surface area contributed by atoms with Gasteiger partial charge in [0, 0.05) is 13.5 Å². The van der Waals surface area contributed by atoms with Crippen LogP contribution in [0.4, 0.5) is 0 Å². The number of aromatic nitrogens is 3. The quantitative estimate of drug-likeness (QED) is 0.881. The van der Waals surface area contributed by atoms with E-state index in [0.717, 1.165) is 11.4 Å². The molecule has 0 saturated heterocycles. The normalized spacial score (nSPS) is 18.2. The molecule has 104 valence electrons. The summed E-state index contributed by atoms with van der Waals surface area (Å²) < 4.78 is 1.90. The minimum Gasteiger partial charge on any atom is -0.336 e. The number of likely N-dealkylation sites (N-methyl/N-ethyl adjacent to an activating group) is 1. The Kier molecular flexibility index (Phi) is 3.23. The summed E-state index contributed by atoms with van der Waals surface area (Å²) in [6, 6.07) is 9.65.